The van der Waals surface area contributed by atoms with Gasteiger partial charge in [-0.3, -0.25) is 4.98 Å². The molecule has 152 valence electrons. The van der Waals surface area contributed by atoms with Gasteiger partial charge in [0.2, 0.25) is 0 Å². The number of rotatable bonds is 5. The van der Waals surface area contributed by atoms with Crippen molar-refractivity contribution < 1.29 is 9.47 Å². The maximum absolute atomic E-state index is 6.36. The minimum absolute atomic E-state index is 0.0141. The van der Waals surface area contributed by atoms with Crippen LogP contribution in [0, 0.1) is 5.92 Å². The van der Waals surface area contributed by atoms with Crippen LogP contribution < -0.4 is 5.73 Å². The predicted octanol–water partition coefficient (Wildman–Crippen LogP) is 3.51. The van der Waals surface area contributed by atoms with E-state index in [1.807, 2.05) is 38.4 Å². The third-order valence-electron chi connectivity index (χ3n) is 6.21. The Morgan fingerprint density at radius 3 is 2.90 bits per heavy atom. The monoisotopic (exact) mass is 393 g/mol. The molecule has 7 nitrogen and oxygen atoms in total. The fraction of sp³-hybridized carbons (Fsp3) is 0.500. The van der Waals surface area contributed by atoms with Crippen LogP contribution in [0.25, 0.3) is 11.0 Å². The Bertz CT molecular complexity index is 1000. The van der Waals surface area contributed by atoms with Gasteiger partial charge in [-0.25, -0.2) is 9.97 Å². The summed E-state index contributed by atoms with van der Waals surface area (Å²) >= 11 is 0. The van der Waals surface area contributed by atoms with Crippen LogP contribution in [0.4, 0.5) is 5.82 Å². The molecule has 7 heteroatoms. The molecule has 29 heavy (non-hydrogen) atoms. The molecule has 5 rings (SSSR count). The lowest BCUT2D eigenvalue weighted by atomic mass is 9.96. The topological polar surface area (TPSA) is 88.1 Å². The van der Waals surface area contributed by atoms with Gasteiger partial charge >= 0.3 is 0 Å². The van der Waals surface area contributed by atoms with E-state index in [0.717, 1.165) is 36.7 Å². The summed E-state index contributed by atoms with van der Waals surface area (Å²) in [7, 11) is 0. The Balaban J connectivity index is 1.38. The summed E-state index contributed by atoms with van der Waals surface area (Å²) in [6.07, 6.45) is 11.7. The highest BCUT2D eigenvalue weighted by Crippen LogP contribution is 2.49. The largest absolute Gasteiger partial charge is 0.383 e. The van der Waals surface area contributed by atoms with Gasteiger partial charge in [0.1, 0.15) is 23.9 Å². The molecule has 1 aliphatic carbocycles. The lowest BCUT2D eigenvalue weighted by Crippen LogP contribution is -2.27. The first-order chi connectivity index (χ1) is 14.0. The summed E-state index contributed by atoms with van der Waals surface area (Å²) in [4.78, 5) is 12.8. The van der Waals surface area contributed by atoms with Crippen LogP contribution in [0.1, 0.15) is 44.7 Å². The fourth-order valence-corrected chi connectivity index (χ4v) is 4.98. The van der Waals surface area contributed by atoms with Gasteiger partial charge in [0.25, 0.3) is 0 Å². The molecule has 0 aromatic carbocycles. The SMILES string of the molecule is CC1(C)O[C@@H]2[C@@H](CCCc3cccnc3)C[C@@H](n3ccc4c(N)ncnc43)[C@@H]2O1. The summed E-state index contributed by atoms with van der Waals surface area (Å²) in [6, 6.07) is 6.31. The van der Waals surface area contributed by atoms with E-state index in [-0.39, 0.29) is 18.2 Å². The van der Waals surface area contributed by atoms with Crippen LogP contribution in [-0.4, -0.2) is 37.5 Å². The number of hydrogen-bond acceptors (Lipinski definition) is 6. The number of aromatic nitrogens is 4. The number of aryl methyl sites for hydroxylation is 1. The lowest BCUT2D eigenvalue weighted by Gasteiger charge is -2.24. The number of anilines is 1. The van der Waals surface area contributed by atoms with Crippen LogP contribution in [0.5, 0.6) is 0 Å². The molecule has 2 aliphatic rings. The normalized spacial score (nSPS) is 28.1. The Hall–Kier alpha value is -2.51. The van der Waals surface area contributed by atoms with Crippen LogP contribution >= 0.6 is 0 Å². The average Bonchev–Trinajstić information content (AvgIpc) is 3.35. The molecule has 4 atom stereocenters. The molecule has 0 bridgehead atoms. The van der Waals surface area contributed by atoms with Gasteiger partial charge in [0, 0.05) is 18.6 Å². The van der Waals surface area contributed by atoms with Crippen LogP contribution in [0.3, 0.4) is 0 Å². The third-order valence-corrected chi connectivity index (χ3v) is 6.21. The van der Waals surface area contributed by atoms with Crippen molar-refractivity contribution in [2.24, 2.45) is 5.92 Å². The number of nitrogens with zero attached hydrogens (tertiary/aromatic N) is 4. The van der Waals surface area contributed by atoms with Crippen molar-refractivity contribution in [2.75, 3.05) is 5.73 Å². The maximum Gasteiger partial charge on any atom is 0.163 e. The van der Waals surface area contributed by atoms with Gasteiger partial charge in [0.05, 0.1) is 17.5 Å². The van der Waals surface area contributed by atoms with Crippen molar-refractivity contribution in [2.45, 2.75) is 63.6 Å². The van der Waals surface area contributed by atoms with Crippen LogP contribution in [0.2, 0.25) is 0 Å². The second-order valence-electron chi connectivity index (χ2n) is 8.60. The summed E-state index contributed by atoms with van der Waals surface area (Å²) < 4.78 is 14.9. The number of hydrogen-bond donors (Lipinski definition) is 1. The standard InChI is InChI=1S/C22H27N5O2/c1-22(2)28-18-15(7-3-5-14-6-4-9-24-12-14)11-17(19(18)29-22)27-10-8-16-20(23)25-13-26-21(16)27/h4,6,8-10,12-13,15,17-19H,3,5,7,11H2,1-2H3,(H2,23,25,26)/t15-,17+,18+,19-/m0/s1. The predicted molar refractivity (Wildman–Crippen MR) is 110 cm³/mol. The van der Waals surface area contributed by atoms with Gasteiger partial charge in [-0.15, -0.1) is 0 Å². The van der Waals surface area contributed by atoms with Crippen LogP contribution in [0.15, 0.2) is 43.1 Å². The van der Waals surface area contributed by atoms with Crippen molar-refractivity contribution in [1.29, 1.82) is 0 Å². The Labute approximate surface area is 170 Å². The van der Waals surface area contributed by atoms with E-state index in [1.165, 1.54) is 11.9 Å². The molecule has 0 spiro atoms. The number of pyridine rings is 1. The molecule has 2 fully saturated rings. The first-order valence-electron chi connectivity index (χ1n) is 10.3. The molecular formula is C22H27N5O2. The minimum atomic E-state index is -0.563. The van der Waals surface area contributed by atoms with Crippen molar-refractivity contribution in [3.8, 4) is 0 Å². The molecule has 0 radical (unpaired) electrons. The smallest absolute Gasteiger partial charge is 0.163 e. The van der Waals surface area contributed by atoms with Crippen molar-refractivity contribution in [1.82, 2.24) is 19.5 Å². The molecule has 0 unspecified atom stereocenters. The van der Waals surface area contributed by atoms with Crippen molar-refractivity contribution in [3.63, 3.8) is 0 Å². The first-order valence-corrected chi connectivity index (χ1v) is 10.3. The lowest BCUT2D eigenvalue weighted by molar-refractivity contribution is -0.160. The summed E-state index contributed by atoms with van der Waals surface area (Å²) in [5, 5.41) is 0.891. The maximum atomic E-state index is 6.36. The molecule has 3 aromatic heterocycles. The molecule has 0 amide bonds. The fourth-order valence-electron chi connectivity index (χ4n) is 4.98. The van der Waals surface area contributed by atoms with Crippen molar-refractivity contribution in [3.05, 3.63) is 48.7 Å². The van der Waals surface area contributed by atoms with E-state index in [1.54, 1.807) is 0 Å². The van der Waals surface area contributed by atoms with Gasteiger partial charge in [-0.2, -0.15) is 0 Å². The molecule has 3 aromatic rings. The Morgan fingerprint density at radius 1 is 1.21 bits per heavy atom. The quantitative estimate of drug-likeness (QED) is 0.714. The van der Waals surface area contributed by atoms with E-state index in [4.69, 9.17) is 15.2 Å². The number of nitrogens with two attached hydrogens (primary N) is 1. The van der Waals surface area contributed by atoms with E-state index >= 15 is 0 Å². The Morgan fingerprint density at radius 2 is 2.07 bits per heavy atom. The molecule has 2 N–H and O–H groups in total. The highest BCUT2D eigenvalue weighted by molar-refractivity contribution is 5.86. The van der Waals surface area contributed by atoms with Gasteiger partial charge in [0.15, 0.2) is 5.79 Å². The minimum Gasteiger partial charge on any atom is -0.383 e. The summed E-state index contributed by atoms with van der Waals surface area (Å²) in [6.45, 7) is 4.01. The van der Waals surface area contributed by atoms with Crippen LogP contribution in [-0.2, 0) is 15.9 Å². The second-order valence-corrected chi connectivity index (χ2v) is 8.60. The van der Waals surface area contributed by atoms with E-state index in [9.17, 15) is 0 Å². The zero-order chi connectivity index (χ0) is 20.0. The molecule has 1 saturated carbocycles. The highest BCUT2D eigenvalue weighted by atomic mass is 16.8. The van der Waals surface area contributed by atoms with Crippen molar-refractivity contribution >= 4 is 16.9 Å². The van der Waals surface area contributed by atoms with Gasteiger partial charge in [-0.1, -0.05) is 6.07 Å². The number of nitrogen functional groups attached to an aromatic ring is 1. The zero-order valence-electron chi connectivity index (χ0n) is 16.9. The Kier molecular flexibility index (Phi) is 4.52. The molecule has 4 heterocycles. The number of fused-ring (bicyclic) bond motifs is 2. The van der Waals surface area contributed by atoms with E-state index < -0.39 is 5.79 Å². The molecule has 1 aliphatic heterocycles. The molecular weight excluding hydrogens is 366 g/mol. The summed E-state index contributed by atoms with van der Waals surface area (Å²) in [5.74, 6) is 0.396. The first kappa shape index (κ1) is 18.5. The second kappa shape index (κ2) is 7.07. The van der Waals surface area contributed by atoms with E-state index in [2.05, 4.69) is 31.8 Å². The zero-order valence-corrected chi connectivity index (χ0v) is 16.9. The molecule has 1 saturated heterocycles. The van der Waals surface area contributed by atoms with Gasteiger partial charge < -0.3 is 19.8 Å². The van der Waals surface area contributed by atoms with E-state index in [0.29, 0.717) is 11.7 Å². The third kappa shape index (κ3) is 3.38. The highest BCUT2D eigenvalue weighted by Gasteiger charge is 2.54. The summed E-state index contributed by atoms with van der Waals surface area (Å²) in [5.41, 5.74) is 8.19. The number of ether oxygens (including phenoxy) is 2. The average molecular weight is 393 g/mol. The van der Waals surface area contributed by atoms with Gasteiger partial charge in [-0.05, 0) is 63.1 Å².